The molecule has 13 heavy (non-hydrogen) atoms. The molecule has 0 aromatic rings. The van der Waals surface area contributed by atoms with E-state index in [0.717, 1.165) is 19.6 Å². The molecule has 1 amide bonds. The quantitative estimate of drug-likeness (QED) is 0.652. The Morgan fingerprint density at radius 3 is 2.54 bits per heavy atom. The third-order valence-electron chi connectivity index (χ3n) is 2.67. The first-order chi connectivity index (χ1) is 6.13. The number of rotatable bonds is 2. The van der Waals surface area contributed by atoms with Crippen molar-refractivity contribution in [1.82, 2.24) is 4.90 Å². The summed E-state index contributed by atoms with van der Waals surface area (Å²) in [6.07, 6.45) is 0.969. The molecule has 1 saturated heterocycles. The fraction of sp³-hybridized carbons (Fsp3) is 0.900. The molecule has 3 heteroatoms. The van der Waals surface area contributed by atoms with Crippen LogP contribution in [0.25, 0.3) is 0 Å². The van der Waals surface area contributed by atoms with Crippen molar-refractivity contribution >= 4 is 5.91 Å². The van der Waals surface area contributed by atoms with Crippen LogP contribution < -0.4 is 0 Å². The third-order valence-corrected chi connectivity index (χ3v) is 2.67. The minimum absolute atomic E-state index is 0.113. The molecule has 0 radical (unpaired) electrons. The molecular formula is C10H19NO2. The van der Waals surface area contributed by atoms with E-state index in [1.807, 2.05) is 11.8 Å². The Hall–Kier alpha value is -0.570. The largest absolute Gasteiger partial charge is 0.361 e. The molecule has 1 atom stereocenters. The van der Waals surface area contributed by atoms with Gasteiger partial charge in [-0.2, -0.15) is 0 Å². The second kappa shape index (κ2) is 4.61. The number of carbonyl (C=O) groups excluding carboxylic acids is 1. The van der Waals surface area contributed by atoms with Crippen LogP contribution in [0.3, 0.4) is 0 Å². The van der Waals surface area contributed by atoms with Gasteiger partial charge in [-0.1, -0.05) is 20.8 Å². The molecular weight excluding hydrogens is 166 g/mol. The Balaban J connectivity index is 2.45. The van der Waals surface area contributed by atoms with Gasteiger partial charge in [0.05, 0.1) is 6.61 Å². The van der Waals surface area contributed by atoms with Crippen LogP contribution in [-0.2, 0) is 9.53 Å². The Bertz CT molecular complexity index is 174. The van der Waals surface area contributed by atoms with Crippen LogP contribution in [0.4, 0.5) is 0 Å². The molecule has 1 rings (SSSR count). The highest BCUT2D eigenvalue weighted by atomic mass is 16.5. The molecule has 0 spiro atoms. The van der Waals surface area contributed by atoms with Crippen LogP contribution in [0, 0.1) is 11.8 Å². The number of ether oxygens (including phenoxy) is 1. The first-order valence-electron chi connectivity index (χ1n) is 4.99. The monoisotopic (exact) mass is 185 g/mol. The molecule has 3 nitrogen and oxygen atoms in total. The first kappa shape index (κ1) is 10.5. The van der Waals surface area contributed by atoms with Gasteiger partial charge in [0.25, 0.3) is 0 Å². The van der Waals surface area contributed by atoms with Crippen molar-refractivity contribution in [3.63, 3.8) is 0 Å². The summed E-state index contributed by atoms with van der Waals surface area (Å²) in [7, 11) is 0. The molecule has 1 aliphatic rings. The van der Waals surface area contributed by atoms with E-state index in [1.165, 1.54) is 0 Å². The Morgan fingerprint density at radius 2 is 2.08 bits per heavy atom. The molecule has 0 bridgehead atoms. The normalized spacial score (nSPS) is 20.5. The van der Waals surface area contributed by atoms with Crippen LogP contribution in [0.15, 0.2) is 0 Å². The summed E-state index contributed by atoms with van der Waals surface area (Å²) in [5, 5.41) is 0. The van der Waals surface area contributed by atoms with Crippen molar-refractivity contribution in [2.24, 2.45) is 11.8 Å². The number of hydrogen-bond acceptors (Lipinski definition) is 2. The highest BCUT2D eigenvalue weighted by molar-refractivity contribution is 5.78. The van der Waals surface area contributed by atoms with E-state index >= 15 is 0 Å². The number of carbonyl (C=O) groups is 1. The number of hydrogen-bond donors (Lipinski definition) is 0. The molecule has 0 saturated carbocycles. The molecule has 1 heterocycles. The van der Waals surface area contributed by atoms with E-state index < -0.39 is 0 Å². The van der Waals surface area contributed by atoms with Gasteiger partial charge in [-0.3, -0.25) is 4.79 Å². The highest BCUT2D eigenvalue weighted by Gasteiger charge is 2.24. The molecule has 1 fully saturated rings. The standard InChI is InChI=1S/C10H19NO2/c1-8(2)9(3)10(12)11-5-4-6-13-7-11/h8-9H,4-7H2,1-3H3. The van der Waals surface area contributed by atoms with Crippen molar-refractivity contribution in [1.29, 1.82) is 0 Å². The molecule has 1 unspecified atom stereocenters. The molecule has 1 aliphatic heterocycles. The predicted octanol–water partition coefficient (Wildman–Crippen LogP) is 1.48. The lowest BCUT2D eigenvalue weighted by molar-refractivity contribution is -0.145. The van der Waals surface area contributed by atoms with Gasteiger partial charge >= 0.3 is 0 Å². The van der Waals surface area contributed by atoms with E-state index in [4.69, 9.17) is 4.74 Å². The smallest absolute Gasteiger partial charge is 0.227 e. The van der Waals surface area contributed by atoms with Gasteiger partial charge in [-0.05, 0) is 12.3 Å². The summed E-state index contributed by atoms with van der Waals surface area (Å²) in [6.45, 7) is 8.27. The predicted molar refractivity (Wildman–Crippen MR) is 51.2 cm³/mol. The minimum Gasteiger partial charge on any atom is -0.361 e. The molecule has 0 aromatic carbocycles. The van der Waals surface area contributed by atoms with E-state index in [-0.39, 0.29) is 11.8 Å². The number of amides is 1. The molecule has 0 aromatic heterocycles. The van der Waals surface area contributed by atoms with Gasteiger partial charge in [0.1, 0.15) is 6.73 Å². The van der Waals surface area contributed by atoms with E-state index in [1.54, 1.807) is 0 Å². The van der Waals surface area contributed by atoms with Gasteiger partial charge in [0.15, 0.2) is 0 Å². The number of nitrogens with zero attached hydrogens (tertiary/aromatic N) is 1. The zero-order chi connectivity index (χ0) is 9.84. The minimum atomic E-state index is 0.113. The van der Waals surface area contributed by atoms with Gasteiger partial charge in [-0.25, -0.2) is 0 Å². The lowest BCUT2D eigenvalue weighted by Crippen LogP contribution is -2.42. The van der Waals surface area contributed by atoms with Crippen molar-refractivity contribution in [2.75, 3.05) is 19.9 Å². The van der Waals surface area contributed by atoms with Crippen LogP contribution in [0.5, 0.6) is 0 Å². The highest BCUT2D eigenvalue weighted by Crippen LogP contribution is 2.14. The van der Waals surface area contributed by atoms with Crippen LogP contribution in [-0.4, -0.2) is 30.7 Å². The van der Waals surface area contributed by atoms with Crippen LogP contribution in [0.1, 0.15) is 27.2 Å². The summed E-state index contributed by atoms with van der Waals surface area (Å²) in [5.74, 6) is 0.755. The van der Waals surface area contributed by atoms with Gasteiger partial charge < -0.3 is 9.64 Å². The summed E-state index contributed by atoms with van der Waals surface area (Å²) in [6, 6.07) is 0. The zero-order valence-corrected chi connectivity index (χ0v) is 8.75. The summed E-state index contributed by atoms with van der Waals surface area (Å²) < 4.78 is 5.24. The maximum absolute atomic E-state index is 11.8. The SMILES string of the molecule is CC(C)C(C)C(=O)N1CCCOC1. The first-order valence-corrected chi connectivity index (χ1v) is 4.99. The molecule has 76 valence electrons. The average Bonchev–Trinajstić information content (AvgIpc) is 2.17. The van der Waals surface area contributed by atoms with Crippen molar-refractivity contribution in [3.05, 3.63) is 0 Å². The van der Waals surface area contributed by atoms with E-state index in [2.05, 4.69) is 13.8 Å². The second-order valence-corrected chi connectivity index (χ2v) is 4.03. The summed E-state index contributed by atoms with van der Waals surface area (Å²) in [4.78, 5) is 13.6. The molecule has 0 N–H and O–H groups in total. The lowest BCUT2D eigenvalue weighted by atomic mass is 9.96. The molecule has 0 aliphatic carbocycles. The van der Waals surface area contributed by atoms with Gasteiger partial charge in [0, 0.05) is 12.5 Å². The van der Waals surface area contributed by atoms with Crippen LogP contribution >= 0.6 is 0 Å². The Kier molecular flexibility index (Phi) is 3.72. The third kappa shape index (κ3) is 2.69. The zero-order valence-electron chi connectivity index (χ0n) is 8.75. The summed E-state index contributed by atoms with van der Waals surface area (Å²) in [5.41, 5.74) is 0. The van der Waals surface area contributed by atoms with E-state index in [9.17, 15) is 4.79 Å². The van der Waals surface area contributed by atoms with Crippen molar-refractivity contribution in [3.8, 4) is 0 Å². The second-order valence-electron chi connectivity index (χ2n) is 4.03. The van der Waals surface area contributed by atoms with Crippen molar-refractivity contribution < 1.29 is 9.53 Å². The topological polar surface area (TPSA) is 29.5 Å². The average molecular weight is 185 g/mol. The van der Waals surface area contributed by atoms with Crippen LogP contribution in [0.2, 0.25) is 0 Å². The fourth-order valence-electron chi connectivity index (χ4n) is 1.34. The van der Waals surface area contributed by atoms with Gasteiger partial charge in [-0.15, -0.1) is 0 Å². The van der Waals surface area contributed by atoms with E-state index in [0.29, 0.717) is 12.6 Å². The Labute approximate surface area is 80.1 Å². The maximum Gasteiger partial charge on any atom is 0.227 e. The van der Waals surface area contributed by atoms with Gasteiger partial charge in [0.2, 0.25) is 5.91 Å². The summed E-state index contributed by atoms with van der Waals surface area (Å²) >= 11 is 0. The fourth-order valence-corrected chi connectivity index (χ4v) is 1.34. The van der Waals surface area contributed by atoms with Crippen molar-refractivity contribution in [2.45, 2.75) is 27.2 Å². The maximum atomic E-state index is 11.8. The Morgan fingerprint density at radius 1 is 1.38 bits per heavy atom. The lowest BCUT2D eigenvalue weighted by Gasteiger charge is -2.30.